The van der Waals surface area contributed by atoms with Crippen LogP contribution in [0.25, 0.3) is 44.2 Å². The second kappa shape index (κ2) is 7.24. The molecule has 4 aromatic heterocycles. The van der Waals surface area contributed by atoms with Gasteiger partial charge in [0.2, 0.25) is 5.95 Å². The third kappa shape index (κ3) is 3.30. The van der Waals surface area contributed by atoms with Crippen LogP contribution in [0, 0.1) is 0 Å². The molecule has 6 aromatic rings. The first-order valence-electron chi connectivity index (χ1n) is 10.1. The number of nitrogens with one attached hydrogen (secondary N) is 4. The molecule has 0 saturated carbocycles. The Hall–Kier alpha value is -5.01. The number of nitrogens with zero attached hydrogens (tertiary/aromatic N) is 5. The number of benzene rings is 2. The maximum atomic E-state index is 14.2. The lowest BCUT2D eigenvalue weighted by atomic mass is 10.0. The molecular weight excluding hydrogens is 465 g/mol. The molecule has 0 bridgehead atoms. The van der Waals surface area contributed by atoms with Crippen molar-refractivity contribution in [2.75, 3.05) is 11.1 Å². The van der Waals surface area contributed by atoms with E-state index in [2.05, 4.69) is 45.6 Å². The summed E-state index contributed by atoms with van der Waals surface area (Å²) in [6, 6.07) is 9.81. The molecule has 0 amide bonds. The fourth-order valence-corrected chi connectivity index (χ4v) is 3.93. The molecule has 11 nitrogen and oxygen atoms in total. The van der Waals surface area contributed by atoms with Crippen molar-refractivity contribution in [3.63, 3.8) is 0 Å². The number of hydrogen-bond donors (Lipinski definition) is 5. The number of H-pyrrole nitrogens is 3. The third-order valence-electron chi connectivity index (χ3n) is 5.45. The second-order valence-corrected chi connectivity index (χ2v) is 7.59. The Labute approximate surface area is 191 Å². The standard InChI is InChI=1S/C21H13F3N10O/c22-21(23,24)14-9(5-6-12-13(14)19(35)34-32-12)15-27-16(10-7-26-20(25)30-17(10)28-15)29-18-8-3-1-2-4-11(8)31-33-18/h1-7H,(H2,32,34,35)(H4,25,26,27,28,29,30,31,33). The van der Waals surface area contributed by atoms with Crippen molar-refractivity contribution in [3.05, 3.63) is 58.5 Å². The number of nitrogen functional groups attached to an aromatic ring is 1. The zero-order valence-corrected chi connectivity index (χ0v) is 17.4. The van der Waals surface area contributed by atoms with Crippen LogP contribution in [0.2, 0.25) is 0 Å². The molecular formula is C21H13F3N10O. The van der Waals surface area contributed by atoms with Gasteiger partial charge in [0.1, 0.15) is 5.82 Å². The van der Waals surface area contributed by atoms with E-state index in [0.29, 0.717) is 11.2 Å². The van der Waals surface area contributed by atoms with Gasteiger partial charge in [0.15, 0.2) is 17.3 Å². The predicted molar refractivity (Wildman–Crippen MR) is 122 cm³/mol. The quantitative estimate of drug-likeness (QED) is 0.258. The van der Waals surface area contributed by atoms with Gasteiger partial charge in [-0.15, -0.1) is 0 Å². The number of anilines is 3. The molecule has 0 fully saturated rings. The van der Waals surface area contributed by atoms with Gasteiger partial charge in [-0.05, 0) is 24.3 Å². The fraction of sp³-hybridized carbons (Fsp3) is 0.0476. The van der Waals surface area contributed by atoms with Crippen LogP contribution in [0.4, 0.5) is 30.8 Å². The van der Waals surface area contributed by atoms with E-state index in [4.69, 9.17) is 5.73 Å². The molecule has 174 valence electrons. The Morgan fingerprint density at radius 3 is 2.57 bits per heavy atom. The highest BCUT2D eigenvalue weighted by Gasteiger charge is 2.38. The Balaban J connectivity index is 1.62. The first kappa shape index (κ1) is 20.6. The third-order valence-corrected chi connectivity index (χ3v) is 5.45. The van der Waals surface area contributed by atoms with Crippen molar-refractivity contribution < 1.29 is 13.2 Å². The molecule has 6 N–H and O–H groups in total. The van der Waals surface area contributed by atoms with E-state index in [1.807, 2.05) is 24.3 Å². The van der Waals surface area contributed by atoms with Gasteiger partial charge in [-0.1, -0.05) is 12.1 Å². The Morgan fingerprint density at radius 2 is 1.74 bits per heavy atom. The van der Waals surface area contributed by atoms with Crippen molar-refractivity contribution in [1.29, 1.82) is 0 Å². The Bertz CT molecular complexity index is 1820. The number of fused-ring (bicyclic) bond motifs is 3. The van der Waals surface area contributed by atoms with Crippen molar-refractivity contribution >= 4 is 50.4 Å². The molecule has 0 aliphatic heterocycles. The van der Waals surface area contributed by atoms with E-state index in [1.165, 1.54) is 18.3 Å². The summed E-state index contributed by atoms with van der Waals surface area (Å²) in [6.45, 7) is 0. The lowest BCUT2D eigenvalue weighted by Gasteiger charge is -2.14. The minimum Gasteiger partial charge on any atom is -0.368 e. The zero-order valence-electron chi connectivity index (χ0n) is 17.4. The summed E-state index contributed by atoms with van der Waals surface area (Å²) >= 11 is 0. The average molecular weight is 478 g/mol. The topological polar surface area (TPSA) is 167 Å². The maximum absolute atomic E-state index is 14.2. The first-order valence-corrected chi connectivity index (χ1v) is 10.1. The van der Waals surface area contributed by atoms with Crippen LogP contribution in [0.5, 0.6) is 0 Å². The summed E-state index contributed by atoms with van der Waals surface area (Å²) in [5.41, 5.74) is 3.97. The smallest absolute Gasteiger partial charge is 0.368 e. The van der Waals surface area contributed by atoms with Crippen LogP contribution in [0.15, 0.2) is 47.4 Å². The molecule has 0 saturated heterocycles. The van der Waals surface area contributed by atoms with Gasteiger partial charge in [-0.25, -0.2) is 15.0 Å². The van der Waals surface area contributed by atoms with E-state index in [-0.39, 0.29) is 28.8 Å². The van der Waals surface area contributed by atoms with Gasteiger partial charge in [-0.2, -0.15) is 23.3 Å². The molecule has 4 heterocycles. The van der Waals surface area contributed by atoms with E-state index >= 15 is 0 Å². The summed E-state index contributed by atoms with van der Waals surface area (Å²) in [5, 5.41) is 15.2. The Morgan fingerprint density at radius 1 is 0.914 bits per heavy atom. The van der Waals surface area contributed by atoms with E-state index < -0.39 is 28.2 Å². The van der Waals surface area contributed by atoms with Crippen molar-refractivity contribution in [3.8, 4) is 11.4 Å². The SMILES string of the molecule is Nc1ncc2c(Nc3n[nH]c4ccccc34)nc(-c3ccc4[nH][nH]c(=O)c4c3C(F)(F)F)nc2n1. The van der Waals surface area contributed by atoms with Gasteiger partial charge < -0.3 is 11.1 Å². The van der Waals surface area contributed by atoms with Gasteiger partial charge >= 0.3 is 6.18 Å². The number of para-hydroxylation sites is 1. The minimum absolute atomic E-state index is 0.000209. The van der Waals surface area contributed by atoms with E-state index in [1.54, 1.807) is 0 Å². The van der Waals surface area contributed by atoms with Gasteiger partial charge in [0.25, 0.3) is 5.56 Å². The minimum atomic E-state index is -4.88. The maximum Gasteiger partial charge on any atom is 0.417 e. The molecule has 0 aliphatic rings. The molecule has 0 aliphatic carbocycles. The van der Waals surface area contributed by atoms with Crippen LogP contribution in [0.1, 0.15) is 5.56 Å². The van der Waals surface area contributed by atoms with E-state index in [0.717, 1.165) is 10.9 Å². The highest BCUT2D eigenvalue weighted by Crippen LogP contribution is 2.40. The average Bonchev–Trinajstić information content (AvgIpc) is 3.41. The number of nitrogens with two attached hydrogens (primary N) is 1. The lowest BCUT2D eigenvalue weighted by molar-refractivity contribution is -0.135. The van der Waals surface area contributed by atoms with Crippen LogP contribution in [-0.4, -0.2) is 40.3 Å². The molecule has 0 atom stereocenters. The summed E-state index contributed by atoms with van der Waals surface area (Å²) in [5.74, 6) is 0.0649. The van der Waals surface area contributed by atoms with Crippen molar-refractivity contribution in [2.45, 2.75) is 6.18 Å². The molecule has 0 unspecified atom stereocenters. The number of aromatic amines is 3. The van der Waals surface area contributed by atoms with Gasteiger partial charge in [-0.3, -0.25) is 20.1 Å². The number of aromatic nitrogens is 8. The second-order valence-electron chi connectivity index (χ2n) is 7.59. The summed E-state index contributed by atoms with van der Waals surface area (Å²) in [6.07, 6.45) is -3.51. The Kier molecular flexibility index (Phi) is 4.26. The molecule has 2 aromatic carbocycles. The summed E-state index contributed by atoms with van der Waals surface area (Å²) < 4.78 is 42.5. The van der Waals surface area contributed by atoms with Crippen LogP contribution >= 0.6 is 0 Å². The number of halogens is 3. The molecule has 35 heavy (non-hydrogen) atoms. The van der Waals surface area contributed by atoms with Gasteiger partial charge in [0.05, 0.1) is 27.4 Å². The lowest BCUT2D eigenvalue weighted by Crippen LogP contribution is -2.13. The number of rotatable bonds is 3. The largest absolute Gasteiger partial charge is 0.417 e. The summed E-state index contributed by atoms with van der Waals surface area (Å²) in [7, 11) is 0. The predicted octanol–water partition coefficient (Wildman–Crippen LogP) is 3.48. The first-order chi connectivity index (χ1) is 16.8. The van der Waals surface area contributed by atoms with E-state index in [9.17, 15) is 18.0 Å². The fourth-order valence-electron chi connectivity index (χ4n) is 3.93. The molecule has 0 radical (unpaired) electrons. The van der Waals surface area contributed by atoms with Gasteiger partial charge in [0, 0.05) is 17.1 Å². The normalized spacial score (nSPS) is 12.1. The molecule has 0 spiro atoms. The monoisotopic (exact) mass is 478 g/mol. The van der Waals surface area contributed by atoms with Crippen molar-refractivity contribution in [2.24, 2.45) is 0 Å². The number of hydrogen-bond acceptors (Lipinski definition) is 8. The highest BCUT2D eigenvalue weighted by molar-refractivity contribution is 5.96. The van der Waals surface area contributed by atoms with Crippen LogP contribution in [0.3, 0.4) is 0 Å². The van der Waals surface area contributed by atoms with Crippen molar-refractivity contribution in [1.82, 2.24) is 40.3 Å². The summed E-state index contributed by atoms with van der Waals surface area (Å²) in [4.78, 5) is 28.8. The molecule has 14 heteroatoms. The van der Waals surface area contributed by atoms with Crippen LogP contribution < -0.4 is 16.6 Å². The molecule has 6 rings (SSSR count). The highest BCUT2D eigenvalue weighted by atomic mass is 19.4. The number of alkyl halides is 3. The van der Waals surface area contributed by atoms with Crippen LogP contribution in [-0.2, 0) is 6.18 Å². The zero-order chi connectivity index (χ0) is 24.3.